The molecule has 1 saturated carbocycles. The van der Waals surface area contributed by atoms with Crippen molar-refractivity contribution in [1.82, 2.24) is 4.98 Å². The molecule has 0 atom stereocenters. The van der Waals surface area contributed by atoms with Crippen molar-refractivity contribution in [3.63, 3.8) is 0 Å². The summed E-state index contributed by atoms with van der Waals surface area (Å²) in [7, 11) is 0. The van der Waals surface area contributed by atoms with Gasteiger partial charge < -0.3 is 20.5 Å². The zero-order valence-corrected chi connectivity index (χ0v) is 18.6. The molecule has 1 aromatic heterocycles. The number of carbonyl (C=O) groups excluding carboxylic acids is 3. The van der Waals surface area contributed by atoms with Gasteiger partial charge in [-0.1, -0.05) is 30.3 Å². The average Bonchev–Trinajstić information content (AvgIpc) is 3.67. The van der Waals surface area contributed by atoms with Crippen LogP contribution in [0.15, 0.2) is 85.1 Å². The predicted octanol–water partition coefficient (Wildman–Crippen LogP) is 5.09. The third-order valence-electron chi connectivity index (χ3n) is 5.89. The fraction of sp³-hybridized carbons (Fsp3) is 0.111. The van der Waals surface area contributed by atoms with E-state index in [0.29, 0.717) is 41.1 Å². The Bertz CT molecular complexity index is 1430. The number of rotatable bonds is 7. The Morgan fingerprint density at radius 2 is 1.60 bits per heavy atom. The number of fused-ring (bicyclic) bond motifs is 1. The molecule has 2 amide bonds. The number of ether oxygens (including phenoxy) is 2. The molecular weight excluding hydrogens is 446 g/mol. The molecule has 1 aliphatic rings. The zero-order valence-electron chi connectivity index (χ0n) is 18.6. The molecule has 3 aromatic carbocycles. The highest BCUT2D eigenvalue weighted by atomic mass is 16.5. The smallest absolute Gasteiger partial charge is 0.409 e. The summed E-state index contributed by atoms with van der Waals surface area (Å²) in [5.41, 5.74) is 5.75. The maximum Gasteiger partial charge on any atom is 0.409 e. The van der Waals surface area contributed by atoms with Crippen LogP contribution < -0.4 is 20.5 Å². The van der Waals surface area contributed by atoms with Gasteiger partial charge in [-0.2, -0.15) is 0 Å². The molecule has 8 nitrogen and oxygen atoms in total. The Morgan fingerprint density at radius 1 is 0.886 bits per heavy atom. The Morgan fingerprint density at radius 3 is 2.29 bits per heavy atom. The first-order chi connectivity index (χ1) is 16.9. The molecule has 0 unspecified atom stereocenters. The van der Waals surface area contributed by atoms with E-state index in [0.717, 1.165) is 5.39 Å². The molecule has 174 valence electrons. The van der Waals surface area contributed by atoms with Crippen LogP contribution in [0.3, 0.4) is 0 Å². The monoisotopic (exact) mass is 467 g/mol. The van der Waals surface area contributed by atoms with E-state index in [4.69, 9.17) is 15.2 Å². The van der Waals surface area contributed by atoms with E-state index in [1.54, 1.807) is 79.0 Å². The fourth-order valence-electron chi connectivity index (χ4n) is 3.90. The summed E-state index contributed by atoms with van der Waals surface area (Å²) in [6, 6.07) is 22.4. The third kappa shape index (κ3) is 4.54. The largest absolute Gasteiger partial charge is 0.457 e. The highest BCUT2D eigenvalue weighted by molar-refractivity contribution is 6.19. The van der Waals surface area contributed by atoms with E-state index in [2.05, 4.69) is 10.3 Å². The van der Waals surface area contributed by atoms with Gasteiger partial charge in [0.25, 0.3) is 0 Å². The molecule has 4 aromatic rings. The van der Waals surface area contributed by atoms with Gasteiger partial charge in [-0.3, -0.25) is 14.6 Å². The number of anilines is 1. The van der Waals surface area contributed by atoms with Crippen molar-refractivity contribution in [3.05, 3.63) is 90.6 Å². The Labute approximate surface area is 200 Å². The first kappa shape index (κ1) is 22.1. The highest BCUT2D eigenvalue weighted by Gasteiger charge is 2.56. The quantitative estimate of drug-likeness (QED) is 0.289. The number of nitrogens with zero attached hydrogens (tertiary/aromatic N) is 1. The summed E-state index contributed by atoms with van der Waals surface area (Å²) in [6.45, 7) is 0. The van der Waals surface area contributed by atoms with E-state index in [-0.39, 0.29) is 17.4 Å². The number of nitrogens with two attached hydrogens (primary N) is 1. The number of primary amides is 1. The highest BCUT2D eigenvalue weighted by Crippen LogP contribution is 2.49. The second-order valence-corrected chi connectivity index (χ2v) is 8.27. The van der Waals surface area contributed by atoms with Crippen molar-refractivity contribution < 1.29 is 23.9 Å². The first-order valence-corrected chi connectivity index (χ1v) is 11.0. The van der Waals surface area contributed by atoms with Crippen molar-refractivity contribution in [2.24, 2.45) is 11.1 Å². The SMILES string of the molecule is NC(=O)Oc1ccc2c(Oc3ccc(NC(=O)C4(C(=O)c5ccccc5)CC4)cc3)ccnc2c1. The van der Waals surface area contributed by atoms with Gasteiger partial charge >= 0.3 is 6.09 Å². The summed E-state index contributed by atoms with van der Waals surface area (Å²) < 4.78 is 10.9. The second-order valence-electron chi connectivity index (χ2n) is 8.27. The Hall–Kier alpha value is -4.72. The van der Waals surface area contributed by atoms with Gasteiger partial charge in [0, 0.05) is 28.9 Å². The molecule has 0 bridgehead atoms. The van der Waals surface area contributed by atoms with Crippen LogP contribution >= 0.6 is 0 Å². The van der Waals surface area contributed by atoms with Gasteiger partial charge in [-0.15, -0.1) is 0 Å². The van der Waals surface area contributed by atoms with E-state index >= 15 is 0 Å². The number of Topliss-reactive ketones (excluding diaryl/α,β-unsaturated/α-hetero) is 1. The predicted molar refractivity (Wildman–Crippen MR) is 130 cm³/mol. The molecular formula is C27H21N3O5. The van der Waals surface area contributed by atoms with Crippen molar-refractivity contribution in [1.29, 1.82) is 0 Å². The lowest BCUT2D eigenvalue weighted by atomic mass is 9.93. The molecule has 5 rings (SSSR count). The number of hydrogen-bond donors (Lipinski definition) is 2. The standard InChI is InChI=1S/C27H21N3O5/c28-26(33)35-20-10-11-21-22(16-20)29-15-12-23(21)34-19-8-6-18(7-9-19)30-25(32)27(13-14-27)24(31)17-4-2-1-3-5-17/h1-12,15-16H,13-14H2,(H2,28,33)(H,30,32). The molecule has 0 saturated heterocycles. The van der Waals surface area contributed by atoms with E-state index < -0.39 is 11.5 Å². The molecule has 1 heterocycles. The van der Waals surface area contributed by atoms with E-state index in [1.165, 1.54) is 0 Å². The van der Waals surface area contributed by atoms with Crippen LogP contribution in [0.25, 0.3) is 10.9 Å². The molecule has 1 fully saturated rings. The molecule has 1 aliphatic carbocycles. The van der Waals surface area contributed by atoms with Crippen LogP contribution in [0.2, 0.25) is 0 Å². The lowest BCUT2D eigenvalue weighted by molar-refractivity contribution is -0.119. The molecule has 8 heteroatoms. The topological polar surface area (TPSA) is 121 Å². The van der Waals surface area contributed by atoms with Gasteiger partial charge in [0.15, 0.2) is 5.78 Å². The fourth-order valence-corrected chi connectivity index (χ4v) is 3.90. The van der Waals surface area contributed by atoms with Crippen LogP contribution in [0.1, 0.15) is 23.2 Å². The van der Waals surface area contributed by atoms with Crippen LogP contribution in [0.5, 0.6) is 17.2 Å². The number of amides is 2. The van der Waals surface area contributed by atoms with Gasteiger partial charge in [0.1, 0.15) is 22.7 Å². The van der Waals surface area contributed by atoms with Crippen LogP contribution in [0, 0.1) is 5.41 Å². The van der Waals surface area contributed by atoms with Gasteiger partial charge in [0.05, 0.1) is 5.52 Å². The Balaban J connectivity index is 1.28. The lowest BCUT2D eigenvalue weighted by Crippen LogP contribution is -2.31. The maximum absolute atomic E-state index is 12.9. The van der Waals surface area contributed by atoms with Crippen LogP contribution in [0.4, 0.5) is 10.5 Å². The normalized spacial score (nSPS) is 13.6. The van der Waals surface area contributed by atoms with E-state index in [1.807, 2.05) is 6.07 Å². The van der Waals surface area contributed by atoms with Gasteiger partial charge in [-0.25, -0.2) is 4.79 Å². The Kier molecular flexibility index (Phi) is 5.62. The number of nitrogens with one attached hydrogen (secondary N) is 1. The van der Waals surface area contributed by atoms with Gasteiger partial charge in [0.2, 0.25) is 5.91 Å². The number of ketones is 1. The maximum atomic E-state index is 12.9. The van der Waals surface area contributed by atoms with Crippen LogP contribution in [-0.4, -0.2) is 22.8 Å². The van der Waals surface area contributed by atoms with E-state index in [9.17, 15) is 14.4 Å². The van der Waals surface area contributed by atoms with Crippen molar-refractivity contribution >= 4 is 34.4 Å². The summed E-state index contributed by atoms with van der Waals surface area (Å²) >= 11 is 0. The van der Waals surface area contributed by atoms with Gasteiger partial charge in [-0.05, 0) is 55.3 Å². The van der Waals surface area contributed by atoms with Crippen molar-refractivity contribution in [2.45, 2.75) is 12.8 Å². The van der Waals surface area contributed by atoms with Crippen molar-refractivity contribution in [2.75, 3.05) is 5.32 Å². The summed E-state index contributed by atoms with van der Waals surface area (Å²) in [5, 5.41) is 3.58. The average molecular weight is 467 g/mol. The minimum Gasteiger partial charge on any atom is -0.457 e. The van der Waals surface area contributed by atoms with Crippen LogP contribution in [-0.2, 0) is 4.79 Å². The number of pyridine rings is 1. The molecule has 3 N–H and O–H groups in total. The number of hydrogen-bond acceptors (Lipinski definition) is 6. The number of benzene rings is 3. The molecule has 0 radical (unpaired) electrons. The summed E-state index contributed by atoms with van der Waals surface area (Å²) in [5.74, 6) is 0.949. The van der Waals surface area contributed by atoms with Crippen molar-refractivity contribution in [3.8, 4) is 17.2 Å². The number of aromatic nitrogens is 1. The molecule has 0 spiro atoms. The third-order valence-corrected chi connectivity index (χ3v) is 5.89. The minimum absolute atomic E-state index is 0.149. The number of carbonyl (C=O) groups is 3. The zero-order chi connectivity index (χ0) is 24.4. The lowest BCUT2D eigenvalue weighted by Gasteiger charge is -2.15. The first-order valence-electron chi connectivity index (χ1n) is 11.0. The molecule has 0 aliphatic heterocycles. The second kappa shape index (κ2) is 8.90. The molecule has 35 heavy (non-hydrogen) atoms. The summed E-state index contributed by atoms with van der Waals surface area (Å²) in [4.78, 5) is 41.1. The minimum atomic E-state index is -0.996. The summed E-state index contributed by atoms with van der Waals surface area (Å²) in [6.07, 6.45) is 1.75.